The third kappa shape index (κ3) is 4.02. The molecule has 1 aromatic carbocycles. The number of rotatable bonds is 5. The number of ether oxygens (including phenoxy) is 2. The number of methoxy groups -OCH3 is 2. The minimum absolute atomic E-state index is 0.0383. The minimum atomic E-state index is -0.0383. The fraction of sp³-hybridized carbons (Fsp3) is 0.389. The molecule has 1 saturated heterocycles. The van der Waals surface area contributed by atoms with Crippen molar-refractivity contribution in [3.8, 4) is 11.5 Å². The first-order chi connectivity index (χ1) is 12.6. The molecule has 1 aromatic heterocycles. The Hall–Kier alpha value is -2.87. The van der Waals surface area contributed by atoms with Gasteiger partial charge in [0.2, 0.25) is 5.95 Å². The molecule has 138 valence electrons. The Kier molecular flexibility index (Phi) is 5.52. The fourth-order valence-corrected chi connectivity index (χ4v) is 2.73. The van der Waals surface area contributed by atoms with Crippen LogP contribution in [0, 0.1) is 0 Å². The molecule has 8 nitrogen and oxygen atoms in total. The highest BCUT2D eigenvalue weighted by molar-refractivity contribution is 5.93. The number of benzene rings is 1. The van der Waals surface area contributed by atoms with E-state index in [2.05, 4.69) is 27.2 Å². The average molecular weight is 357 g/mol. The molecule has 1 fully saturated rings. The van der Waals surface area contributed by atoms with Crippen molar-refractivity contribution in [3.05, 3.63) is 36.2 Å². The van der Waals surface area contributed by atoms with Crippen LogP contribution in [-0.2, 0) is 0 Å². The van der Waals surface area contributed by atoms with Crippen LogP contribution >= 0.6 is 0 Å². The van der Waals surface area contributed by atoms with Gasteiger partial charge in [-0.05, 0) is 19.2 Å². The summed E-state index contributed by atoms with van der Waals surface area (Å²) in [6, 6.07) is 5.40. The van der Waals surface area contributed by atoms with Crippen LogP contribution in [0.3, 0.4) is 0 Å². The van der Waals surface area contributed by atoms with Gasteiger partial charge in [0, 0.05) is 44.6 Å². The molecule has 0 aliphatic carbocycles. The Morgan fingerprint density at radius 3 is 2.38 bits per heavy atom. The predicted molar refractivity (Wildman–Crippen MR) is 98.3 cm³/mol. The summed E-state index contributed by atoms with van der Waals surface area (Å²) >= 11 is 0. The summed E-state index contributed by atoms with van der Waals surface area (Å²) in [4.78, 5) is 25.1. The average Bonchev–Trinajstić information content (AvgIpc) is 2.68. The summed E-state index contributed by atoms with van der Waals surface area (Å²) in [5.41, 5.74) is 1.17. The standard InChI is InChI=1S/C18H23N5O3/c1-22-6-8-23(9-7-22)17(24)13-11-19-18(20-12-13)21-15-10-14(25-2)4-5-16(15)26-3/h4-5,10-12H,6-9H2,1-3H3,(H,19,20,21). The lowest BCUT2D eigenvalue weighted by molar-refractivity contribution is 0.0663. The maximum atomic E-state index is 12.5. The zero-order valence-corrected chi connectivity index (χ0v) is 15.2. The van der Waals surface area contributed by atoms with Gasteiger partial charge in [0.15, 0.2) is 0 Å². The summed E-state index contributed by atoms with van der Waals surface area (Å²) in [7, 11) is 5.24. The maximum absolute atomic E-state index is 12.5. The van der Waals surface area contributed by atoms with E-state index >= 15 is 0 Å². The van der Waals surface area contributed by atoms with Crippen molar-refractivity contribution in [2.45, 2.75) is 0 Å². The highest BCUT2D eigenvalue weighted by Gasteiger charge is 2.21. The Morgan fingerprint density at radius 1 is 1.08 bits per heavy atom. The number of anilines is 2. The predicted octanol–water partition coefficient (Wildman–Crippen LogP) is 1.62. The number of aromatic nitrogens is 2. The minimum Gasteiger partial charge on any atom is -0.497 e. The molecule has 1 aliphatic heterocycles. The van der Waals surface area contributed by atoms with E-state index in [0.29, 0.717) is 28.7 Å². The van der Waals surface area contributed by atoms with E-state index in [4.69, 9.17) is 9.47 Å². The first kappa shape index (κ1) is 17.9. The Balaban J connectivity index is 1.71. The van der Waals surface area contributed by atoms with E-state index in [9.17, 15) is 4.79 Å². The highest BCUT2D eigenvalue weighted by atomic mass is 16.5. The molecule has 2 aromatic rings. The number of carbonyl (C=O) groups is 1. The van der Waals surface area contributed by atoms with E-state index in [0.717, 1.165) is 26.2 Å². The molecule has 26 heavy (non-hydrogen) atoms. The fourth-order valence-electron chi connectivity index (χ4n) is 2.73. The highest BCUT2D eigenvalue weighted by Crippen LogP contribution is 2.30. The number of piperazine rings is 1. The third-order valence-corrected chi connectivity index (χ3v) is 4.34. The Bertz CT molecular complexity index is 758. The summed E-state index contributed by atoms with van der Waals surface area (Å²) in [5.74, 6) is 1.68. The molecule has 0 bridgehead atoms. The first-order valence-corrected chi connectivity index (χ1v) is 8.39. The van der Waals surface area contributed by atoms with Gasteiger partial charge < -0.3 is 24.6 Å². The zero-order chi connectivity index (χ0) is 18.5. The van der Waals surface area contributed by atoms with Crippen LogP contribution in [0.2, 0.25) is 0 Å². The van der Waals surface area contributed by atoms with Gasteiger partial charge in [0.25, 0.3) is 5.91 Å². The second-order valence-electron chi connectivity index (χ2n) is 6.08. The number of nitrogens with zero attached hydrogens (tertiary/aromatic N) is 4. The lowest BCUT2D eigenvalue weighted by Gasteiger charge is -2.32. The van der Waals surface area contributed by atoms with Gasteiger partial charge >= 0.3 is 0 Å². The van der Waals surface area contributed by atoms with Gasteiger partial charge in [-0.1, -0.05) is 0 Å². The van der Waals surface area contributed by atoms with Crippen LogP contribution in [-0.4, -0.2) is 73.1 Å². The number of carbonyl (C=O) groups excluding carboxylic acids is 1. The number of likely N-dealkylation sites (N-methyl/N-ethyl adjacent to an activating group) is 1. The van der Waals surface area contributed by atoms with Crippen molar-refractivity contribution < 1.29 is 14.3 Å². The molecule has 1 amide bonds. The van der Waals surface area contributed by atoms with E-state index in [-0.39, 0.29) is 5.91 Å². The number of nitrogens with one attached hydrogen (secondary N) is 1. The number of amides is 1. The maximum Gasteiger partial charge on any atom is 0.257 e. The van der Waals surface area contributed by atoms with Crippen molar-refractivity contribution in [3.63, 3.8) is 0 Å². The summed E-state index contributed by atoms with van der Waals surface area (Å²) in [6.07, 6.45) is 3.09. The van der Waals surface area contributed by atoms with Crippen LogP contribution in [0.15, 0.2) is 30.6 Å². The van der Waals surface area contributed by atoms with Crippen molar-refractivity contribution in [1.29, 1.82) is 0 Å². The zero-order valence-electron chi connectivity index (χ0n) is 15.2. The van der Waals surface area contributed by atoms with Gasteiger partial charge in [0.1, 0.15) is 11.5 Å². The number of hydrogen-bond acceptors (Lipinski definition) is 7. The van der Waals surface area contributed by atoms with Crippen molar-refractivity contribution in [2.75, 3.05) is 52.8 Å². The van der Waals surface area contributed by atoms with E-state index in [1.54, 1.807) is 38.7 Å². The molecule has 1 aliphatic rings. The smallest absolute Gasteiger partial charge is 0.257 e. The van der Waals surface area contributed by atoms with Gasteiger partial charge in [-0.25, -0.2) is 9.97 Å². The molecule has 0 unspecified atom stereocenters. The van der Waals surface area contributed by atoms with Gasteiger partial charge in [0.05, 0.1) is 25.5 Å². The first-order valence-electron chi connectivity index (χ1n) is 8.39. The summed E-state index contributed by atoms with van der Waals surface area (Å²) in [5, 5.41) is 3.09. The summed E-state index contributed by atoms with van der Waals surface area (Å²) < 4.78 is 10.6. The van der Waals surface area contributed by atoms with E-state index < -0.39 is 0 Å². The largest absolute Gasteiger partial charge is 0.497 e. The van der Waals surface area contributed by atoms with Gasteiger partial charge in [-0.2, -0.15) is 0 Å². The van der Waals surface area contributed by atoms with Crippen LogP contribution in [0.1, 0.15) is 10.4 Å². The lowest BCUT2D eigenvalue weighted by Crippen LogP contribution is -2.47. The molecule has 0 atom stereocenters. The van der Waals surface area contributed by atoms with Crippen molar-refractivity contribution >= 4 is 17.5 Å². The quantitative estimate of drug-likeness (QED) is 0.871. The Labute approximate surface area is 152 Å². The normalized spacial score (nSPS) is 14.8. The van der Waals surface area contributed by atoms with E-state index in [1.807, 2.05) is 11.0 Å². The summed E-state index contributed by atoms with van der Waals surface area (Å²) in [6.45, 7) is 3.19. The molecule has 0 spiro atoms. The van der Waals surface area contributed by atoms with Gasteiger partial charge in [-0.15, -0.1) is 0 Å². The molecule has 3 rings (SSSR count). The van der Waals surface area contributed by atoms with Crippen LogP contribution in [0.25, 0.3) is 0 Å². The lowest BCUT2D eigenvalue weighted by atomic mass is 10.2. The molecule has 8 heteroatoms. The topological polar surface area (TPSA) is 79.8 Å². The molecule has 1 N–H and O–H groups in total. The van der Waals surface area contributed by atoms with Gasteiger partial charge in [-0.3, -0.25) is 4.79 Å². The third-order valence-electron chi connectivity index (χ3n) is 4.34. The molecule has 0 radical (unpaired) electrons. The Morgan fingerprint density at radius 2 is 1.77 bits per heavy atom. The van der Waals surface area contributed by atoms with Crippen LogP contribution in [0.4, 0.5) is 11.6 Å². The SMILES string of the molecule is COc1ccc(OC)c(Nc2ncc(C(=O)N3CCN(C)CC3)cn2)c1. The monoisotopic (exact) mass is 357 g/mol. The molecule has 0 saturated carbocycles. The van der Waals surface area contributed by atoms with E-state index in [1.165, 1.54) is 0 Å². The van der Waals surface area contributed by atoms with Crippen LogP contribution < -0.4 is 14.8 Å². The van der Waals surface area contributed by atoms with Crippen molar-refractivity contribution in [2.24, 2.45) is 0 Å². The second kappa shape index (κ2) is 8.01. The second-order valence-corrected chi connectivity index (χ2v) is 6.08. The number of hydrogen-bond donors (Lipinski definition) is 1. The van der Waals surface area contributed by atoms with Crippen LogP contribution in [0.5, 0.6) is 11.5 Å². The van der Waals surface area contributed by atoms with Crippen molar-refractivity contribution in [1.82, 2.24) is 19.8 Å². The molecular formula is C18H23N5O3. The molecular weight excluding hydrogens is 334 g/mol. The molecule has 2 heterocycles.